The molecule has 0 aliphatic rings. The second-order valence-electron chi connectivity index (χ2n) is 3.86. The van der Waals surface area contributed by atoms with Gasteiger partial charge in [0.05, 0.1) is 25.2 Å². The van der Waals surface area contributed by atoms with Gasteiger partial charge in [0.25, 0.3) is 0 Å². The summed E-state index contributed by atoms with van der Waals surface area (Å²) in [4.78, 5) is 14.4. The van der Waals surface area contributed by atoms with Crippen LogP contribution in [0.5, 0.6) is 5.88 Å². The van der Waals surface area contributed by atoms with Crippen molar-refractivity contribution in [3.8, 4) is 5.88 Å². The summed E-state index contributed by atoms with van der Waals surface area (Å²) in [5, 5.41) is 13.8. The summed E-state index contributed by atoms with van der Waals surface area (Å²) in [5.74, 6) is 0.528. The second kappa shape index (κ2) is 9.05. The normalized spacial score (nSPS) is 10.3. The van der Waals surface area contributed by atoms with E-state index < -0.39 is 4.92 Å². The Balaban J connectivity index is 2.43. The van der Waals surface area contributed by atoms with Crippen LogP contribution in [0.25, 0.3) is 0 Å². The molecule has 1 rings (SSSR count). The third-order valence-corrected chi connectivity index (χ3v) is 2.44. The van der Waals surface area contributed by atoms with Crippen LogP contribution in [-0.2, 0) is 9.47 Å². The molecule has 0 aliphatic carbocycles. The lowest BCUT2D eigenvalue weighted by molar-refractivity contribution is -0.384. The van der Waals surface area contributed by atoms with E-state index in [1.54, 1.807) is 7.11 Å². The molecule has 1 N–H and O–H groups in total. The van der Waals surface area contributed by atoms with Crippen LogP contribution in [-0.4, -0.2) is 50.5 Å². The van der Waals surface area contributed by atoms with E-state index in [9.17, 15) is 10.1 Å². The molecule has 8 heteroatoms. The van der Waals surface area contributed by atoms with Crippen molar-refractivity contribution < 1.29 is 19.1 Å². The molecule has 1 aromatic heterocycles. The third-order valence-electron chi connectivity index (χ3n) is 2.44. The highest BCUT2D eigenvalue weighted by Crippen LogP contribution is 2.24. The molecule has 20 heavy (non-hydrogen) atoms. The first-order valence-corrected chi connectivity index (χ1v) is 6.19. The standard InChI is InChI=1S/C12H19N3O5/c1-18-8-9-20-7-3-6-13-12-10(15(16)17)4-5-11(14-12)19-2/h4-5H,3,6-9H2,1-2H3,(H,13,14). The molecule has 1 aromatic rings. The van der Waals surface area contributed by atoms with E-state index >= 15 is 0 Å². The molecule has 0 aliphatic heterocycles. The Morgan fingerprint density at radius 1 is 1.30 bits per heavy atom. The average molecular weight is 285 g/mol. The Morgan fingerprint density at radius 2 is 2.10 bits per heavy atom. The van der Waals surface area contributed by atoms with E-state index in [1.165, 1.54) is 19.2 Å². The van der Waals surface area contributed by atoms with Crippen LogP contribution in [0.3, 0.4) is 0 Å². The lowest BCUT2D eigenvalue weighted by Crippen LogP contribution is -2.10. The van der Waals surface area contributed by atoms with Crippen LogP contribution in [0.4, 0.5) is 11.5 Å². The molecule has 112 valence electrons. The van der Waals surface area contributed by atoms with Crippen molar-refractivity contribution in [2.75, 3.05) is 45.9 Å². The van der Waals surface area contributed by atoms with E-state index in [-0.39, 0.29) is 11.5 Å². The maximum absolute atomic E-state index is 10.9. The SMILES string of the molecule is COCCOCCCNc1nc(OC)ccc1[N+](=O)[O-]. The van der Waals surface area contributed by atoms with Gasteiger partial charge in [0.1, 0.15) is 0 Å². The van der Waals surface area contributed by atoms with Crippen molar-refractivity contribution in [1.29, 1.82) is 0 Å². The predicted molar refractivity (Wildman–Crippen MR) is 73.2 cm³/mol. The molecule has 0 saturated heterocycles. The quantitative estimate of drug-likeness (QED) is 0.395. The summed E-state index contributed by atoms with van der Waals surface area (Å²) in [6.07, 6.45) is 0.708. The minimum atomic E-state index is -0.482. The number of anilines is 1. The Bertz CT molecular complexity index is 428. The maximum atomic E-state index is 10.9. The van der Waals surface area contributed by atoms with E-state index in [1.807, 2.05) is 0 Å². The predicted octanol–water partition coefficient (Wildman–Crippen LogP) is 1.46. The highest BCUT2D eigenvalue weighted by atomic mass is 16.6. The zero-order chi connectivity index (χ0) is 14.8. The van der Waals surface area contributed by atoms with Crippen LogP contribution in [0, 0.1) is 10.1 Å². The fourth-order valence-corrected chi connectivity index (χ4v) is 1.45. The lowest BCUT2D eigenvalue weighted by Gasteiger charge is -2.08. The van der Waals surface area contributed by atoms with E-state index in [2.05, 4.69) is 10.3 Å². The van der Waals surface area contributed by atoms with E-state index in [0.29, 0.717) is 38.7 Å². The van der Waals surface area contributed by atoms with Gasteiger partial charge in [0.15, 0.2) is 0 Å². The third kappa shape index (κ3) is 5.37. The summed E-state index contributed by atoms with van der Waals surface area (Å²) in [6.45, 7) is 2.16. The number of nitrogens with zero attached hydrogens (tertiary/aromatic N) is 2. The van der Waals surface area contributed by atoms with Gasteiger partial charge < -0.3 is 19.5 Å². The van der Waals surface area contributed by atoms with Crippen molar-refractivity contribution in [2.24, 2.45) is 0 Å². The number of pyridine rings is 1. The first-order chi connectivity index (χ1) is 9.69. The van der Waals surface area contributed by atoms with Crippen molar-refractivity contribution >= 4 is 11.5 Å². The van der Waals surface area contributed by atoms with Gasteiger partial charge in [-0.05, 0) is 6.42 Å². The van der Waals surface area contributed by atoms with Crippen LogP contribution in [0.2, 0.25) is 0 Å². The van der Waals surface area contributed by atoms with Gasteiger partial charge in [-0.15, -0.1) is 0 Å². The Morgan fingerprint density at radius 3 is 2.75 bits per heavy atom. The number of rotatable bonds is 10. The lowest BCUT2D eigenvalue weighted by atomic mass is 10.3. The summed E-state index contributed by atoms with van der Waals surface area (Å²) < 4.78 is 15.1. The van der Waals surface area contributed by atoms with Gasteiger partial charge in [0.2, 0.25) is 11.7 Å². The van der Waals surface area contributed by atoms with Gasteiger partial charge in [-0.1, -0.05) is 0 Å². The molecule has 0 saturated carbocycles. The molecule has 0 aromatic carbocycles. The molecule has 0 unspecified atom stereocenters. The molecular weight excluding hydrogens is 266 g/mol. The minimum Gasteiger partial charge on any atom is -0.481 e. The fraction of sp³-hybridized carbons (Fsp3) is 0.583. The maximum Gasteiger partial charge on any atom is 0.311 e. The first kappa shape index (κ1) is 16.1. The molecule has 0 atom stereocenters. The molecular formula is C12H19N3O5. The van der Waals surface area contributed by atoms with Gasteiger partial charge in [-0.25, -0.2) is 0 Å². The molecule has 0 bridgehead atoms. The zero-order valence-corrected chi connectivity index (χ0v) is 11.6. The highest BCUT2D eigenvalue weighted by Gasteiger charge is 2.15. The van der Waals surface area contributed by atoms with Crippen LogP contribution in [0.1, 0.15) is 6.42 Å². The van der Waals surface area contributed by atoms with Gasteiger partial charge in [-0.2, -0.15) is 4.98 Å². The highest BCUT2D eigenvalue weighted by molar-refractivity contribution is 5.56. The average Bonchev–Trinajstić information content (AvgIpc) is 2.45. The largest absolute Gasteiger partial charge is 0.481 e. The zero-order valence-electron chi connectivity index (χ0n) is 11.6. The number of ether oxygens (including phenoxy) is 3. The number of hydrogen-bond acceptors (Lipinski definition) is 7. The Labute approximate surface area is 117 Å². The topological polar surface area (TPSA) is 95.8 Å². The number of aromatic nitrogens is 1. The summed E-state index contributed by atoms with van der Waals surface area (Å²) in [7, 11) is 3.07. The molecule has 1 heterocycles. The van der Waals surface area contributed by atoms with Crippen molar-refractivity contribution in [2.45, 2.75) is 6.42 Å². The van der Waals surface area contributed by atoms with Crippen molar-refractivity contribution in [1.82, 2.24) is 4.98 Å². The van der Waals surface area contributed by atoms with Crippen molar-refractivity contribution in [3.63, 3.8) is 0 Å². The first-order valence-electron chi connectivity index (χ1n) is 6.19. The van der Waals surface area contributed by atoms with Gasteiger partial charge in [0, 0.05) is 32.4 Å². The van der Waals surface area contributed by atoms with Crippen LogP contribution >= 0.6 is 0 Å². The summed E-state index contributed by atoms with van der Waals surface area (Å²) >= 11 is 0. The number of methoxy groups -OCH3 is 2. The van der Waals surface area contributed by atoms with E-state index in [0.717, 1.165) is 0 Å². The van der Waals surface area contributed by atoms with Crippen LogP contribution < -0.4 is 10.1 Å². The number of hydrogen-bond donors (Lipinski definition) is 1. The molecule has 0 spiro atoms. The molecule has 0 radical (unpaired) electrons. The number of nitrogens with one attached hydrogen (secondary N) is 1. The Kier molecular flexibility index (Phi) is 7.30. The van der Waals surface area contributed by atoms with Crippen molar-refractivity contribution in [3.05, 3.63) is 22.2 Å². The van der Waals surface area contributed by atoms with Crippen LogP contribution in [0.15, 0.2) is 12.1 Å². The smallest absolute Gasteiger partial charge is 0.311 e. The van der Waals surface area contributed by atoms with Gasteiger partial charge >= 0.3 is 5.69 Å². The summed E-state index contributed by atoms with van der Waals surface area (Å²) in [6, 6.07) is 2.82. The molecule has 0 fully saturated rings. The van der Waals surface area contributed by atoms with Gasteiger partial charge in [-0.3, -0.25) is 10.1 Å². The van der Waals surface area contributed by atoms with E-state index in [4.69, 9.17) is 14.2 Å². The minimum absolute atomic E-state index is 0.0777. The monoisotopic (exact) mass is 285 g/mol. The molecule has 8 nitrogen and oxygen atoms in total. The summed E-state index contributed by atoms with van der Waals surface area (Å²) in [5.41, 5.74) is -0.0777. The second-order valence-corrected chi connectivity index (χ2v) is 3.86. The molecule has 0 amide bonds. The Hall–Kier alpha value is -1.93. The fourth-order valence-electron chi connectivity index (χ4n) is 1.45. The number of nitro groups is 1.